The van der Waals surface area contributed by atoms with E-state index >= 15 is 8.78 Å². The van der Waals surface area contributed by atoms with Gasteiger partial charge in [-0.1, -0.05) is 36.8 Å². The van der Waals surface area contributed by atoms with Crippen LogP contribution in [0.4, 0.5) is 22.0 Å². The summed E-state index contributed by atoms with van der Waals surface area (Å²) in [6.07, 6.45) is -2.98. The van der Waals surface area contributed by atoms with Gasteiger partial charge in [0.05, 0.1) is 13.2 Å². The summed E-state index contributed by atoms with van der Waals surface area (Å²) in [6.45, 7) is 0.868. The Hall–Kier alpha value is -2.10. The molecule has 2 saturated carbocycles. The first-order chi connectivity index (χ1) is 17.8. The van der Waals surface area contributed by atoms with E-state index < -0.39 is 47.3 Å². The van der Waals surface area contributed by atoms with Gasteiger partial charge in [-0.15, -0.1) is 0 Å². The van der Waals surface area contributed by atoms with Crippen LogP contribution in [0.3, 0.4) is 0 Å². The Morgan fingerprint density at radius 1 is 1.00 bits per heavy atom. The first kappa shape index (κ1) is 27.5. The molecule has 4 nitrogen and oxygen atoms in total. The molecular weight excluding hydrogens is 507 g/mol. The smallest absolute Gasteiger partial charge is 0.396 e. The Morgan fingerprint density at radius 2 is 1.66 bits per heavy atom. The number of halogens is 5. The summed E-state index contributed by atoms with van der Waals surface area (Å²) in [5.74, 6) is -7.08. The van der Waals surface area contributed by atoms with Gasteiger partial charge in [-0.25, -0.2) is 0 Å². The number of carbonyl (C=O) groups excluding carboxylic acids is 1. The zero-order chi connectivity index (χ0) is 27.7. The highest BCUT2D eigenvalue weighted by Gasteiger charge is 2.79. The van der Waals surface area contributed by atoms with Crippen molar-refractivity contribution in [2.45, 2.75) is 81.4 Å². The van der Waals surface area contributed by atoms with E-state index in [2.05, 4.69) is 0 Å². The van der Waals surface area contributed by atoms with Crippen LogP contribution in [0.2, 0.25) is 0 Å². The molecule has 2 fully saturated rings. The number of hydrogen-bond donors (Lipinski definition) is 3. The van der Waals surface area contributed by atoms with Gasteiger partial charge in [0.15, 0.2) is 5.78 Å². The molecule has 0 saturated heterocycles. The van der Waals surface area contributed by atoms with Gasteiger partial charge in [-0.3, -0.25) is 4.79 Å². The van der Waals surface area contributed by atoms with Gasteiger partial charge < -0.3 is 15.3 Å². The molecule has 0 radical (unpaired) electrons. The molecule has 4 aliphatic rings. The SMILES string of the molecule is C[C@]12C[C@H](c3ccc(C(CO)CO)cc3)C3=C4CCC(=O)C=C4CCC3C1CC[C@@]2(O)C(F)(F)C(F)(F)F. The van der Waals surface area contributed by atoms with Crippen LogP contribution in [-0.2, 0) is 4.79 Å². The number of alkyl halides is 5. The summed E-state index contributed by atoms with van der Waals surface area (Å²) in [5.41, 5.74) is -0.598. The van der Waals surface area contributed by atoms with Crippen molar-refractivity contribution in [2.75, 3.05) is 13.2 Å². The first-order valence-corrected chi connectivity index (χ1v) is 13.2. The van der Waals surface area contributed by atoms with Crippen LogP contribution in [0.15, 0.2) is 47.1 Å². The standard InChI is InChI=1S/C29H33F5O4/c1-26-13-23(17-4-2-16(3-5-17)19(14-35)15-36)25-21-9-7-20(37)12-18(21)6-8-22(25)24(26)10-11-27(26,38)28(30,31)29(32,33)34/h2-5,12,19,22-24,35-36,38H,6-11,13-15H2,1H3/t22?,23-,24?,26+,27+/m1/s1. The van der Waals surface area contributed by atoms with Crippen molar-refractivity contribution in [1.82, 2.24) is 0 Å². The van der Waals surface area contributed by atoms with Crippen LogP contribution >= 0.6 is 0 Å². The lowest BCUT2D eigenvalue weighted by molar-refractivity contribution is -0.362. The van der Waals surface area contributed by atoms with Gasteiger partial charge >= 0.3 is 12.1 Å². The van der Waals surface area contributed by atoms with E-state index in [9.17, 15) is 33.3 Å². The predicted octanol–water partition coefficient (Wildman–Crippen LogP) is 5.58. The van der Waals surface area contributed by atoms with E-state index in [1.54, 1.807) is 30.3 Å². The third-order valence-electron chi connectivity index (χ3n) is 10.0. The molecule has 208 valence electrons. The third-order valence-corrected chi connectivity index (χ3v) is 10.0. The fourth-order valence-electron chi connectivity index (χ4n) is 7.98. The number of aliphatic hydroxyl groups excluding tert-OH is 2. The molecular formula is C29H33F5O4. The van der Waals surface area contributed by atoms with E-state index in [0.717, 1.165) is 22.3 Å². The number of ketones is 1. The normalized spacial score (nSPS) is 33.7. The zero-order valence-electron chi connectivity index (χ0n) is 21.2. The number of fused-ring (bicyclic) bond motifs is 4. The molecule has 0 spiro atoms. The Labute approximate surface area is 218 Å². The van der Waals surface area contributed by atoms with E-state index in [4.69, 9.17) is 0 Å². The average Bonchev–Trinajstić information content (AvgIpc) is 3.15. The lowest BCUT2D eigenvalue weighted by Crippen LogP contribution is -2.65. The lowest BCUT2D eigenvalue weighted by atomic mass is 9.50. The van der Waals surface area contributed by atoms with Crippen molar-refractivity contribution in [1.29, 1.82) is 0 Å². The summed E-state index contributed by atoms with van der Waals surface area (Å²) in [4.78, 5) is 12.1. The molecule has 5 atom stereocenters. The molecule has 0 aromatic heterocycles. The van der Waals surface area contributed by atoms with Crippen molar-refractivity contribution >= 4 is 5.78 Å². The highest BCUT2D eigenvalue weighted by Crippen LogP contribution is 2.70. The van der Waals surface area contributed by atoms with Gasteiger partial charge in [-0.05, 0) is 78.7 Å². The van der Waals surface area contributed by atoms with Gasteiger partial charge in [0.25, 0.3) is 0 Å². The molecule has 0 amide bonds. The van der Waals surface area contributed by atoms with Crippen LogP contribution in [0.25, 0.3) is 0 Å². The lowest BCUT2D eigenvalue weighted by Gasteiger charge is -2.56. The number of allylic oxidation sites excluding steroid dienone is 4. The average molecular weight is 541 g/mol. The van der Waals surface area contributed by atoms with Crippen LogP contribution < -0.4 is 0 Å². The van der Waals surface area contributed by atoms with Gasteiger partial charge in [0, 0.05) is 23.7 Å². The molecule has 9 heteroatoms. The van der Waals surface area contributed by atoms with Crippen molar-refractivity contribution in [3.8, 4) is 0 Å². The number of benzene rings is 1. The molecule has 2 unspecified atom stereocenters. The molecule has 1 aromatic rings. The highest BCUT2D eigenvalue weighted by atomic mass is 19.4. The van der Waals surface area contributed by atoms with Gasteiger partial charge in [-0.2, -0.15) is 22.0 Å². The first-order valence-electron chi connectivity index (χ1n) is 13.2. The maximum atomic E-state index is 15.0. The Balaban J connectivity index is 1.66. The van der Waals surface area contributed by atoms with Gasteiger partial charge in [0.1, 0.15) is 5.60 Å². The fraction of sp³-hybridized carbons (Fsp3) is 0.621. The zero-order valence-corrected chi connectivity index (χ0v) is 21.2. The quantitative estimate of drug-likeness (QED) is 0.426. The molecule has 3 N–H and O–H groups in total. The molecule has 1 aromatic carbocycles. The molecule has 38 heavy (non-hydrogen) atoms. The van der Waals surface area contributed by atoms with Crippen molar-refractivity contribution in [2.24, 2.45) is 17.3 Å². The van der Waals surface area contributed by atoms with Gasteiger partial charge in [0.2, 0.25) is 0 Å². The molecule has 0 aliphatic heterocycles. The second-order valence-corrected chi connectivity index (χ2v) is 11.7. The van der Waals surface area contributed by atoms with E-state index in [-0.39, 0.29) is 37.8 Å². The minimum atomic E-state index is -5.88. The maximum Gasteiger partial charge on any atom is 0.456 e. The highest BCUT2D eigenvalue weighted by molar-refractivity contribution is 5.93. The van der Waals surface area contributed by atoms with E-state index in [0.29, 0.717) is 31.2 Å². The number of carbonyl (C=O) groups is 1. The topological polar surface area (TPSA) is 77.8 Å². The van der Waals surface area contributed by atoms with Crippen LogP contribution in [0, 0.1) is 17.3 Å². The number of rotatable bonds is 5. The van der Waals surface area contributed by atoms with Crippen LogP contribution in [0.5, 0.6) is 0 Å². The molecule has 4 aliphatic carbocycles. The summed E-state index contributed by atoms with van der Waals surface area (Å²) in [7, 11) is 0. The minimum Gasteiger partial charge on any atom is -0.396 e. The molecule has 0 bridgehead atoms. The molecule has 0 heterocycles. The van der Waals surface area contributed by atoms with E-state index in [1.165, 1.54) is 6.92 Å². The van der Waals surface area contributed by atoms with Crippen LogP contribution in [-0.4, -0.2) is 52.0 Å². The molecule has 5 rings (SSSR count). The third kappa shape index (κ3) is 3.83. The summed E-state index contributed by atoms with van der Waals surface area (Å²) >= 11 is 0. The second-order valence-electron chi connectivity index (χ2n) is 11.7. The number of aliphatic hydroxyl groups is 3. The maximum absolute atomic E-state index is 15.0. The number of hydrogen-bond acceptors (Lipinski definition) is 4. The summed E-state index contributed by atoms with van der Waals surface area (Å²) in [6, 6.07) is 7.01. The summed E-state index contributed by atoms with van der Waals surface area (Å²) < 4.78 is 71.1. The van der Waals surface area contributed by atoms with Crippen molar-refractivity contribution in [3.05, 3.63) is 58.2 Å². The Kier molecular flexibility index (Phi) is 6.68. The van der Waals surface area contributed by atoms with E-state index in [1.807, 2.05) is 0 Å². The fourth-order valence-corrected chi connectivity index (χ4v) is 7.98. The minimum absolute atomic E-state index is 0.0310. The largest absolute Gasteiger partial charge is 0.456 e. The van der Waals surface area contributed by atoms with Crippen molar-refractivity contribution in [3.63, 3.8) is 0 Å². The Morgan fingerprint density at radius 3 is 2.26 bits per heavy atom. The van der Waals surface area contributed by atoms with Crippen LogP contribution in [0.1, 0.15) is 74.8 Å². The Bertz CT molecular complexity index is 1170. The summed E-state index contributed by atoms with van der Waals surface area (Å²) in [5, 5.41) is 30.4. The monoisotopic (exact) mass is 540 g/mol. The predicted molar refractivity (Wildman–Crippen MR) is 130 cm³/mol. The second kappa shape index (κ2) is 9.24. The van der Waals surface area contributed by atoms with Crippen molar-refractivity contribution < 1.29 is 42.1 Å².